The molecule has 1 aliphatic carbocycles. The maximum atomic E-state index is 15.7. The van der Waals surface area contributed by atoms with Crippen molar-refractivity contribution >= 4 is 34.3 Å². The van der Waals surface area contributed by atoms with Crippen LogP contribution in [-0.2, 0) is 0 Å². The number of fused-ring (bicyclic) bond motifs is 1. The van der Waals surface area contributed by atoms with Crippen LogP contribution < -0.4 is 55.0 Å². The van der Waals surface area contributed by atoms with Crippen LogP contribution in [-0.4, -0.2) is 49.0 Å². The summed E-state index contributed by atoms with van der Waals surface area (Å²) in [6.07, 6.45) is 3.61. The number of rotatable bonds is 8. The molecule has 1 N–H and O–H groups in total. The number of ether oxygens (including phenoxy) is 1. The molecule has 1 saturated carbocycles. The monoisotopic (exact) mass is 603 g/mol. The van der Waals surface area contributed by atoms with Gasteiger partial charge in [-0.25, -0.2) is 8.78 Å². The predicted molar refractivity (Wildman–Crippen MR) is 152 cm³/mol. The smallest absolute Gasteiger partial charge is 0.545 e. The summed E-state index contributed by atoms with van der Waals surface area (Å²) < 4.78 is 38.2. The third-order valence-corrected chi connectivity index (χ3v) is 7.51. The number of nitrogens with one attached hydrogen (secondary N) is 1. The van der Waals surface area contributed by atoms with Gasteiger partial charge in [0.05, 0.1) is 41.7 Å². The first-order valence-corrected chi connectivity index (χ1v) is 13.3. The fourth-order valence-electron chi connectivity index (χ4n) is 5.37. The number of methoxy groups -OCH3 is 1. The van der Waals surface area contributed by atoms with Gasteiger partial charge in [0.1, 0.15) is 11.5 Å². The molecule has 0 spiro atoms. The Balaban J connectivity index is 0.00000253. The Labute approximate surface area is 269 Å². The van der Waals surface area contributed by atoms with Gasteiger partial charge < -0.3 is 29.4 Å². The van der Waals surface area contributed by atoms with Gasteiger partial charge in [-0.1, -0.05) is 25.6 Å². The summed E-state index contributed by atoms with van der Waals surface area (Å²) in [5.74, 6) is -3.84. The van der Waals surface area contributed by atoms with Crippen molar-refractivity contribution in [2.45, 2.75) is 46.1 Å². The molecule has 2 fully saturated rings. The second-order valence-electron chi connectivity index (χ2n) is 10.3. The van der Waals surface area contributed by atoms with E-state index in [9.17, 15) is 24.3 Å². The molecule has 1 aliphatic heterocycles. The SMILES string of the molecule is C.COc1c(N2CCC/C(=C(\F)CNC(=O)c3ccccc3C(C)=O)C2)c(F)cc2c(=O)c(C(=O)[O-])cn(C3CC3)c12.[Na+]. The minimum atomic E-state index is -1.65. The molecule has 9 nitrogen and oxygen atoms in total. The van der Waals surface area contributed by atoms with Crippen LogP contribution in [0.15, 0.2) is 52.7 Å². The number of hydrogen-bond acceptors (Lipinski definition) is 7. The standard InChI is InChI=1S/C30H29F2N3O6.CH4.Na/c1-16(36)19-7-3-4-8-20(19)29(38)33-13-24(32)17-6-5-11-34(14-17)26-23(31)12-21-25(28(26)41-2)35(18-9-10-18)15-22(27(21)37)30(39)40;;/h3-4,7-8,12,15,18H,5-6,9-11,13-14H2,1-2H3,(H,33,38)(H,39,40);1H4;/q;;+1/p-1/b24-17+;;. The van der Waals surface area contributed by atoms with Gasteiger partial charge >= 0.3 is 29.6 Å². The summed E-state index contributed by atoms with van der Waals surface area (Å²) in [6, 6.07) is 7.20. The number of nitrogens with zero attached hydrogens (tertiary/aromatic N) is 2. The van der Waals surface area contributed by atoms with Gasteiger partial charge in [-0.05, 0) is 50.3 Å². The number of carboxylic acid groups (broad SMARTS) is 1. The minimum absolute atomic E-state index is 0. The van der Waals surface area contributed by atoms with Crippen molar-refractivity contribution in [2.75, 3.05) is 31.6 Å². The first-order chi connectivity index (χ1) is 19.6. The van der Waals surface area contributed by atoms with Crippen molar-refractivity contribution in [1.82, 2.24) is 9.88 Å². The molecule has 0 unspecified atom stereocenters. The number of ketones is 1. The van der Waals surface area contributed by atoms with Gasteiger partial charge in [-0.15, -0.1) is 0 Å². The molecule has 0 bridgehead atoms. The largest absolute Gasteiger partial charge is 1.00 e. The van der Waals surface area contributed by atoms with Gasteiger partial charge in [0.2, 0.25) is 0 Å². The third kappa shape index (κ3) is 6.68. The van der Waals surface area contributed by atoms with Crippen molar-refractivity contribution in [3.8, 4) is 5.75 Å². The Bertz CT molecular complexity index is 1680. The molecule has 43 heavy (non-hydrogen) atoms. The van der Waals surface area contributed by atoms with Crippen molar-refractivity contribution in [2.24, 2.45) is 0 Å². The Kier molecular flexibility index (Phi) is 10.9. The number of halogens is 2. The fraction of sp³-hybridized carbons (Fsp3) is 0.355. The molecule has 1 amide bonds. The maximum Gasteiger partial charge on any atom is 1.00 e. The summed E-state index contributed by atoms with van der Waals surface area (Å²) >= 11 is 0. The van der Waals surface area contributed by atoms with E-state index in [0.717, 1.165) is 18.9 Å². The molecule has 1 saturated heterocycles. The Morgan fingerprint density at radius 1 is 1.14 bits per heavy atom. The van der Waals surface area contributed by atoms with Crippen molar-refractivity contribution in [3.05, 3.63) is 80.7 Å². The Morgan fingerprint density at radius 3 is 2.42 bits per heavy atom. The van der Waals surface area contributed by atoms with Gasteiger partial charge in [-0.2, -0.15) is 0 Å². The average molecular weight is 604 g/mol. The molecule has 0 atom stereocenters. The number of pyridine rings is 1. The molecule has 5 rings (SSSR count). The van der Waals surface area contributed by atoms with Crippen LogP contribution in [0.2, 0.25) is 0 Å². The number of piperidine rings is 1. The molecule has 1 aromatic heterocycles. The first kappa shape index (κ1) is 34.0. The normalized spacial score (nSPS) is 15.7. The van der Waals surface area contributed by atoms with E-state index in [-0.39, 0.29) is 88.8 Å². The summed E-state index contributed by atoms with van der Waals surface area (Å²) in [6.45, 7) is 1.32. The fourth-order valence-corrected chi connectivity index (χ4v) is 5.37. The van der Waals surface area contributed by atoms with Crippen LogP contribution in [0, 0.1) is 5.82 Å². The molecule has 2 aliphatic rings. The summed E-state index contributed by atoms with van der Waals surface area (Å²) in [4.78, 5) is 50.7. The second-order valence-corrected chi connectivity index (χ2v) is 10.3. The number of amides is 1. The number of Topliss-reactive ketones (excluding diaryl/α,β-unsaturated/α-hetero) is 1. The van der Waals surface area contributed by atoms with E-state index >= 15 is 8.78 Å². The number of aromatic nitrogens is 1. The Morgan fingerprint density at radius 2 is 1.81 bits per heavy atom. The maximum absolute atomic E-state index is 15.7. The van der Waals surface area contributed by atoms with Gasteiger partial charge in [0, 0.05) is 30.9 Å². The van der Waals surface area contributed by atoms with Crippen molar-refractivity contribution < 1.29 is 62.6 Å². The predicted octanol–water partition coefficient (Wildman–Crippen LogP) is 0.944. The zero-order chi connectivity index (χ0) is 29.4. The number of carbonyl (C=O) groups excluding carboxylic acids is 3. The van der Waals surface area contributed by atoms with Crippen molar-refractivity contribution in [1.29, 1.82) is 0 Å². The van der Waals surface area contributed by atoms with E-state index in [2.05, 4.69) is 5.32 Å². The minimum Gasteiger partial charge on any atom is -0.545 e. The average Bonchev–Trinajstić information content (AvgIpc) is 3.81. The van der Waals surface area contributed by atoms with E-state index in [1.807, 2.05) is 0 Å². The van der Waals surface area contributed by atoms with Crippen LogP contribution >= 0.6 is 0 Å². The molecule has 3 aromatic rings. The van der Waals surface area contributed by atoms with Crippen molar-refractivity contribution in [3.63, 3.8) is 0 Å². The zero-order valence-corrected chi connectivity index (χ0v) is 25.6. The molecule has 12 heteroatoms. The van der Waals surface area contributed by atoms with Crippen LogP contribution in [0.1, 0.15) is 77.1 Å². The number of benzene rings is 2. The Hall–Kier alpha value is -3.54. The van der Waals surface area contributed by atoms with Crippen LogP contribution in [0.25, 0.3) is 10.9 Å². The van der Waals surface area contributed by atoms with E-state index in [4.69, 9.17) is 4.74 Å². The van der Waals surface area contributed by atoms with Crippen LogP contribution in [0.4, 0.5) is 14.5 Å². The van der Waals surface area contributed by atoms with E-state index in [1.165, 1.54) is 32.4 Å². The van der Waals surface area contributed by atoms with E-state index in [0.29, 0.717) is 25.0 Å². The molecular formula is C31H32F2N3NaO6. The first-order valence-electron chi connectivity index (χ1n) is 13.3. The second kappa shape index (κ2) is 13.8. The molecule has 222 valence electrons. The third-order valence-electron chi connectivity index (χ3n) is 7.51. The van der Waals surface area contributed by atoms with Crippen LogP contribution in [0.5, 0.6) is 5.75 Å². The number of hydrogen-bond donors (Lipinski definition) is 1. The topological polar surface area (TPSA) is 121 Å². The van der Waals surface area contributed by atoms with Gasteiger partial charge in [-0.3, -0.25) is 14.4 Å². The number of anilines is 1. The quantitative estimate of drug-likeness (QED) is 0.301. The number of aromatic carboxylic acids is 1. The van der Waals surface area contributed by atoms with Gasteiger partial charge in [0.15, 0.2) is 22.8 Å². The van der Waals surface area contributed by atoms with E-state index in [1.54, 1.807) is 21.6 Å². The number of carboxylic acids is 1. The summed E-state index contributed by atoms with van der Waals surface area (Å²) in [7, 11) is 1.34. The molecule has 2 heterocycles. The summed E-state index contributed by atoms with van der Waals surface area (Å²) in [5.41, 5.74) is -0.365. The number of carbonyl (C=O) groups is 3. The van der Waals surface area contributed by atoms with E-state index < -0.39 is 41.1 Å². The van der Waals surface area contributed by atoms with Gasteiger partial charge in [0.25, 0.3) is 5.91 Å². The molecule has 0 radical (unpaired) electrons. The molecule has 2 aromatic carbocycles. The zero-order valence-electron chi connectivity index (χ0n) is 23.6. The summed E-state index contributed by atoms with van der Waals surface area (Å²) in [5, 5.41) is 14.0. The molecular weight excluding hydrogens is 571 g/mol. The van der Waals surface area contributed by atoms with Crippen LogP contribution in [0.3, 0.4) is 0 Å².